The normalized spacial score (nSPS) is 23.3. The van der Waals surface area contributed by atoms with E-state index < -0.39 is 6.09 Å². The van der Waals surface area contributed by atoms with Crippen LogP contribution in [0.25, 0.3) is 10.4 Å². The van der Waals surface area contributed by atoms with Crippen molar-refractivity contribution < 1.29 is 19.1 Å². The monoisotopic (exact) mass is 518 g/mol. The van der Waals surface area contributed by atoms with Crippen molar-refractivity contribution in [1.29, 1.82) is 0 Å². The molecule has 6 nitrogen and oxygen atoms in total. The van der Waals surface area contributed by atoms with Crippen LogP contribution < -0.4 is 5.32 Å². The number of ether oxygens (including phenoxy) is 2. The third-order valence-electron chi connectivity index (χ3n) is 8.55. The van der Waals surface area contributed by atoms with Crippen LogP contribution in [0.4, 0.5) is 10.5 Å². The molecule has 1 heterocycles. The van der Waals surface area contributed by atoms with E-state index in [0.29, 0.717) is 12.1 Å². The maximum atomic E-state index is 12.7. The predicted molar refractivity (Wildman–Crippen MR) is 146 cm³/mol. The number of rotatable bonds is 7. The van der Waals surface area contributed by atoms with E-state index in [0.717, 1.165) is 60.2 Å². The number of hydrogen-bond donors (Lipinski definition) is 1. The molecule has 0 spiro atoms. The second-order valence-electron chi connectivity index (χ2n) is 10.7. The number of carbonyl (C=O) groups excluding carboxylic acids is 2. The summed E-state index contributed by atoms with van der Waals surface area (Å²) in [6, 6.07) is 18.5. The average molecular weight is 519 g/mol. The van der Waals surface area contributed by atoms with Gasteiger partial charge in [-0.3, -0.25) is 10.1 Å². The SMILES string of the molecule is COC(=O)CC12CCC(c3ccc(-c4snc(C)c4NC(=O)O[C@H](C)c4ccccc4)cc3)(CC1)CC2. The molecular formula is C30H34N2O4S. The van der Waals surface area contributed by atoms with Gasteiger partial charge in [0.2, 0.25) is 0 Å². The van der Waals surface area contributed by atoms with Gasteiger partial charge in [0.05, 0.1) is 29.8 Å². The van der Waals surface area contributed by atoms with E-state index in [1.54, 1.807) is 0 Å². The maximum Gasteiger partial charge on any atom is 0.412 e. The smallest absolute Gasteiger partial charge is 0.412 e. The van der Waals surface area contributed by atoms with Crippen molar-refractivity contribution in [2.75, 3.05) is 12.4 Å². The minimum atomic E-state index is -0.490. The molecule has 0 aliphatic heterocycles. The highest BCUT2D eigenvalue weighted by Crippen LogP contribution is 2.59. The second-order valence-corrected chi connectivity index (χ2v) is 11.4. The van der Waals surface area contributed by atoms with Crippen LogP contribution in [0.5, 0.6) is 0 Å². The Kier molecular flexibility index (Phi) is 7.08. The molecule has 7 heteroatoms. The van der Waals surface area contributed by atoms with Gasteiger partial charge in [-0.2, -0.15) is 4.37 Å². The molecule has 1 aromatic heterocycles. The molecule has 1 atom stereocenters. The van der Waals surface area contributed by atoms with Crippen molar-refractivity contribution in [1.82, 2.24) is 4.37 Å². The van der Waals surface area contributed by atoms with E-state index in [2.05, 4.69) is 34.0 Å². The summed E-state index contributed by atoms with van der Waals surface area (Å²) >= 11 is 1.38. The predicted octanol–water partition coefficient (Wildman–Crippen LogP) is 7.58. The first-order chi connectivity index (χ1) is 17.8. The van der Waals surface area contributed by atoms with E-state index in [1.807, 2.05) is 44.2 Å². The minimum Gasteiger partial charge on any atom is -0.469 e. The number of methoxy groups -OCH3 is 1. The van der Waals surface area contributed by atoms with E-state index in [1.165, 1.54) is 24.2 Å². The summed E-state index contributed by atoms with van der Waals surface area (Å²) in [7, 11) is 1.48. The van der Waals surface area contributed by atoms with Crippen molar-refractivity contribution >= 4 is 29.3 Å². The lowest BCUT2D eigenvalue weighted by Crippen LogP contribution is -2.45. The van der Waals surface area contributed by atoms with Crippen LogP contribution in [0, 0.1) is 12.3 Å². The van der Waals surface area contributed by atoms with Crippen molar-refractivity contribution in [2.45, 2.75) is 70.3 Å². The van der Waals surface area contributed by atoms with Gasteiger partial charge in [0.1, 0.15) is 6.10 Å². The van der Waals surface area contributed by atoms with Crippen molar-refractivity contribution in [3.8, 4) is 10.4 Å². The molecule has 1 amide bonds. The largest absolute Gasteiger partial charge is 0.469 e. The van der Waals surface area contributed by atoms with Gasteiger partial charge in [0.25, 0.3) is 0 Å². The summed E-state index contributed by atoms with van der Waals surface area (Å²) < 4.78 is 15.1. The Balaban J connectivity index is 1.27. The standard InChI is InChI=1S/C30H34N2O4S/c1-20-26(31-28(34)36-21(2)22-7-5-4-6-8-22)27(37-32-20)23-9-11-24(12-10-23)30-16-13-29(14-17-30,15-18-30)19-25(33)35-3/h4-12,21H,13-19H2,1-3H3,(H,31,34)/t21-,29?,30?/m1/s1. The van der Waals surface area contributed by atoms with Gasteiger partial charge in [0.15, 0.2) is 0 Å². The average Bonchev–Trinajstić information content (AvgIpc) is 3.29. The highest BCUT2D eigenvalue weighted by molar-refractivity contribution is 7.10. The molecule has 2 bridgehead atoms. The zero-order chi connectivity index (χ0) is 26.0. The third-order valence-corrected chi connectivity index (χ3v) is 9.54. The molecule has 3 saturated carbocycles. The summed E-state index contributed by atoms with van der Waals surface area (Å²) in [5, 5.41) is 2.93. The quantitative estimate of drug-likeness (QED) is 0.326. The van der Waals surface area contributed by atoms with Crippen LogP contribution in [-0.2, 0) is 19.7 Å². The van der Waals surface area contributed by atoms with Gasteiger partial charge in [-0.15, -0.1) is 0 Å². The zero-order valence-electron chi connectivity index (χ0n) is 21.7. The third kappa shape index (κ3) is 5.14. The van der Waals surface area contributed by atoms with Gasteiger partial charge in [-0.05, 0) is 91.4 Å². The number of benzene rings is 2. The van der Waals surface area contributed by atoms with E-state index in [9.17, 15) is 9.59 Å². The fourth-order valence-electron chi connectivity index (χ4n) is 6.11. The van der Waals surface area contributed by atoms with Gasteiger partial charge in [-0.1, -0.05) is 54.6 Å². The highest BCUT2D eigenvalue weighted by Gasteiger charge is 2.50. The first-order valence-corrected chi connectivity index (χ1v) is 13.8. The van der Waals surface area contributed by atoms with Crippen LogP contribution in [0.1, 0.15) is 74.8 Å². The number of anilines is 1. The molecule has 0 saturated heterocycles. The topological polar surface area (TPSA) is 77.5 Å². The van der Waals surface area contributed by atoms with Crippen LogP contribution in [0.3, 0.4) is 0 Å². The number of esters is 1. The summed E-state index contributed by atoms with van der Waals surface area (Å²) in [6.45, 7) is 3.76. The fraction of sp³-hybridized carbons (Fsp3) is 0.433. The lowest BCUT2D eigenvalue weighted by molar-refractivity contribution is -0.145. The van der Waals surface area contributed by atoms with Gasteiger partial charge in [0, 0.05) is 0 Å². The molecule has 3 aliphatic carbocycles. The molecule has 0 radical (unpaired) electrons. The number of aryl methyl sites for hydroxylation is 1. The molecule has 0 unspecified atom stereocenters. The Labute approximate surface area is 222 Å². The Morgan fingerprint density at radius 2 is 1.65 bits per heavy atom. The Bertz CT molecular complexity index is 1240. The molecule has 2 aromatic carbocycles. The molecule has 3 aliphatic rings. The minimum absolute atomic E-state index is 0.0820. The van der Waals surface area contributed by atoms with Crippen LogP contribution in [0.2, 0.25) is 0 Å². The fourth-order valence-corrected chi connectivity index (χ4v) is 6.96. The number of hydrogen-bond acceptors (Lipinski definition) is 6. The number of fused-ring (bicyclic) bond motifs is 3. The van der Waals surface area contributed by atoms with Crippen LogP contribution in [0.15, 0.2) is 54.6 Å². The van der Waals surface area contributed by atoms with Crippen LogP contribution >= 0.6 is 11.5 Å². The Hall–Kier alpha value is -3.19. The van der Waals surface area contributed by atoms with Gasteiger partial charge >= 0.3 is 12.1 Å². The highest BCUT2D eigenvalue weighted by atomic mass is 32.1. The lowest BCUT2D eigenvalue weighted by Gasteiger charge is -2.53. The summed E-state index contributed by atoms with van der Waals surface area (Å²) in [5.74, 6) is -0.0820. The molecule has 1 N–H and O–H groups in total. The second kappa shape index (κ2) is 10.3. The number of aromatic nitrogens is 1. The van der Waals surface area contributed by atoms with E-state index in [-0.39, 0.29) is 22.9 Å². The lowest BCUT2D eigenvalue weighted by atomic mass is 9.51. The van der Waals surface area contributed by atoms with Gasteiger partial charge in [-0.25, -0.2) is 4.79 Å². The zero-order valence-corrected chi connectivity index (χ0v) is 22.5. The van der Waals surface area contributed by atoms with Crippen LogP contribution in [-0.4, -0.2) is 23.5 Å². The molecule has 3 aromatic rings. The summed E-state index contributed by atoms with van der Waals surface area (Å²) in [5.41, 5.74) is 5.14. The van der Waals surface area contributed by atoms with Gasteiger partial charge < -0.3 is 9.47 Å². The number of nitrogens with one attached hydrogen (secondary N) is 1. The molecule has 3 fully saturated rings. The number of carbonyl (C=O) groups is 2. The van der Waals surface area contributed by atoms with Crippen molar-refractivity contribution in [3.63, 3.8) is 0 Å². The maximum absolute atomic E-state index is 12.7. The Morgan fingerprint density at radius 3 is 2.27 bits per heavy atom. The number of nitrogens with zero attached hydrogens (tertiary/aromatic N) is 1. The van der Waals surface area contributed by atoms with E-state index in [4.69, 9.17) is 9.47 Å². The number of amides is 1. The van der Waals surface area contributed by atoms with E-state index >= 15 is 0 Å². The van der Waals surface area contributed by atoms with Crippen molar-refractivity contribution in [3.05, 3.63) is 71.4 Å². The van der Waals surface area contributed by atoms with Crippen molar-refractivity contribution in [2.24, 2.45) is 5.41 Å². The first-order valence-electron chi connectivity index (χ1n) is 13.0. The summed E-state index contributed by atoms with van der Waals surface area (Å²) in [4.78, 5) is 25.6. The molecular weight excluding hydrogens is 484 g/mol. The Morgan fingerprint density at radius 1 is 1.00 bits per heavy atom. The molecule has 6 rings (SSSR count). The first kappa shape index (κ1) is 25.5. The molecule has 194 valence electrons. The molecule has 37 heavy (non-hydrogen) atoms. The summed E-state index contributed by atoms with van der Waals surface area (Å²) in [6.07, 6.45) is 6.28.